The van der Waals surface area contributed by atoms with Crippen molar-refractivity contribution in [1.29, 1.82) is 0 Å². The van der Waals surface area contributed by atoms with Crippen LogP contribution in [0.5, 0.6) is 0 Å². The number of carbonyl (C=O) groups is 1. The molecule has 3 heteroatoms. The van der Waals surface area contributed by atoms with Gasteiger partial charge in [0.25, 0.3) is 0 Å². The number of nitrogens with zero attached hydrogens (tertiary/aromatic N) is 2. The summed E-state index contributed by atoms with van der Waals surface area (Å²) in [5, 5.41) is 0. The van der Waals surface area contributed by atoms with Crippen molar-refractivity contribution in [2.75, 3.05) is 26.7 Å². The maximum Gasteiger partial charge on any atom is 0.133 e. The second kappa shape index (κ2) is 5.30. The molecule has 1 aliphatic carbocycles. The molecule has 2 saturated heterocycles. The van der Waals surface area contributed by atoms with Gasteiger partial charge in [0.1, 0.15) is 5.78 Å². The van der Waals surface area contributed by atoms with Gasteiger partial charge in [-0.25, -0.2) is 0 Å². The van der Waals surface area contributed by atoms with E-state index in [9.17, 15) is 4.79 Å². The van der Waals surface area contributed by atoms with Crippen LogP contribution in [0.2, 0.25) is 0 Å². The largest absolute Gasteiger partial charge is 0.303 e. The van der Waals surface area contributed by atoms with Gasteiger partial charge in [-0.15, -0.1) is 0 Å². The summed E-state index contributed by atoms with van der Waals surface area (Å²) in [4.78, 5) is 16.6. The first-order chi connectivity index (χ1) is 8.74. The van der Waals surface area contributed by atoms with Gasteiger partial charge in [0.2, 0.25) is 0 Å². The van der Waals surface area contributed by atoms with Crippen LogP contribution in [0.1, 0.15) is 44.9 Å². The summed E-state index contributed by atoms with van der Waals surface area (Å²) in [5.74, 6) is 1.37. The lowest BCUT2D eigenvalue weighted by atomic mass is 9.82. The van der Waals surface area contributed by atoms with Crippen LogP contribution in [-0.4, -0.2) is 54.3 Å². The monoisotopic (exact) mass is 250 g/mol. The zero-order valence-electron chi connectivity index (χ0n) is 11.6. The Labute approximate surface area is 111 Å². The van der Waals surface area contributed by atoms with Crippen LogP contribution in [0.4, 0.5) is 0 Å². The van der Waals surface area contributed by atoms with Gasteiger partial charge in [-0.05, 0) is 58.2 Å². The van der Waals surface area contributed by atoms with E-state index in [1.807, 2.05) is 0 Å². The van der Waals surface area contributed by atoms with Gasteiger partial charge in [0, 0.05) is 31.5 Å². The van der Waals surface area contributed by atoms with E-state index >= 15 is 0 Å². The van der Waals surface area contributed by atoms with E-state index in [0.29, 0.717) is 11.8 Å². The van der Waals surface area contributed by atoms with Gasteiger partial charge in [-0.1, -0.05) is 0 Å². The Bertz CT molecular complexity index is 308. The Morgan fingerprint density at radius 3 is 2.61 bits per heavy atom. The molecule has 0 bridgehead atoms. The molecule has 3 fully saturated rings. The normalized spacial score (nSPS) is 36.6. The van der Waals surface area contributed by atoms with Gasteiger partial charge in [-0.3, -0.25) is 9.69 Å². The van der Waals surface area contributed by atoms with E-state index in [4.69, 9.17) is 0 Å². The number of carbonyl (C=O) groups excluding carboxylic acids is 1. The fourth-order valence-corrected chi connectivity index (χ4v) is 4.30. The molecular formula is C15H26N2O. The third-order valence-electron chi connectivity index (χ3n) is 5.41. The van der Waals surface area contributed by atoms with E-state index in [1.54, 1.807) is 0 Å². The molecule has 2 atom stereocenters. The number of fused-ring (bicyclic) bond motifs is 1. The minimum absolute atomic E-state index is 0.485. The Kier molecular flexibility index (Phi) is 3.71. The molecule has 0 radical (unpaired) electrons. The predicted octanol–water partition coefficient (Wildman–Crippen LogP) is 1.91. The lowest BCUT2D eigenvalue weighted by Crippen LogP contribution is -2.55. The van der Waals surface area contributed by atoms with Crippen LogP contribution >= 0.6 is 0 Å². The van der Waals surface area contributed by atoms with Gasteiger partial charge in [0.05, 0.1) is 0 Å². The zero-order valence-corrected chi connectivity index (χ0v) is 11.6. The van der Waals surface area contributed by atoms with E-state index in [1.165, 1.54) is 38.9 Å². The average molecular weight is 250 g/mol. The summed E-state index contributed by atoms with van der Waals surface area (Å²) >= 11 is 0. The van der Waals surface area contributed by atoms with Crippen LogP contribution < -0.4 is 0 Å². The minimum atomic E-state index is 0.485. The third-order valence-corrected chi connectivity index (χ3v) is 5.41. The van der Waals surface area contributed by atoms with Crippen molar-refractivity contribution in [1.82, 2.24) is 9.80 Å². The number of likely N-dealkylation sites (tertiary alicyclic amines) is 2. The number of rotatable bonds is 1. The van der Waals surface area contributed by atoms with E-state index in [-0.39, 0.29) is 0 Å². The van der Waals surface area contributed by atoms with Crippen LogP contribution in [0, 0.1) is 5.92 Å². The predicted molar refractivity (Wildman–Crippen MR) is 72.6 cm³/mol. The molecule has 1 saturated carbocycles. The molecule has 2 unspecified atom stereocenters. The average Bonchev–Trinajstić information content (AvgIpc) is 2.39. The SMILES string of the molecule is CN1CCCC2CN(C3CCC(=O)CC3)CCC21. The van der Waals surface area contributed by atoms with E-state index in [0.717, 1.165) is 37.6 Å². The molecule has 0 aromatic heterocycles. The maximum atomic E-state index is 11.3. The second-order valence-corrected chi connectivity index (χ2v) is 6.50. The molecule has 0 amide bonds. The number of Topliss-reactive ketones (excluding diaryl/α,β-unsaturated/α-hetero) is 1. The topological polar surface area (TPSA) is 23.6 Å². The summed E-state index contributed by atoms with van der Waals surface area (Å²) in [6.45, 7) is 3.83. The highest BCUT2D eigenvalue weighted by Crippen LogP contribution is 2.32. The molecule has 2 heterocycles. The summed E-state index contributed by atoms with van der Waals surface area (Å²) in [5.41, 5.74) is 0. The summed E-state index contributed by atoms with van der Waals surface area (Å²) in [6, 6.07) is 1.54. The van der Waals surface area contributed by atoms with Crippen molar-refractivity contribution < 1.29 is 4.79 Å². The molecule has 2 aliphatic heterocycles. The smallest absolute Gasteiger partial charge is 0.133 e. The summed E-state index contributed by atoms with van der Waals surface area (Å²) in [6.07, 6.45) is 8.01. The van der Waals surface area contributed by atoms with Crippen LogP contribution in [0.25, 0.3) is 0 Å². The number of ketones is 1. The zero-order chi connectivity index (χ0) is 12.5. The second-order valence-electron chi connectivity index (χ2n) is 6.50. The van der Waals surface area contributed by atoms with Crippen molar-refractivity contribution in [2.24, 2.45) is 5.92 Å². The highest BCUT2D eigenvalue weighted by atomic mass is 16.1. The molecule has 0 N–H and O–H groups in total. The van der Waals surface area contributed by atoms with Gasteiger partial charge >= 0.3 is 0 Å². The van der Waals surface area contributed by atoms with E-state index in [2.05, 4.69) is 16.8 Å². The first-order valence-corrected chi connectivity index (χ1v) is 7.70. The first kappa shape index (κ1) is 12.6. The maximum absolute atomic E-state index is 11.3. The van der Waals surface area contributed by atoms with E-state index < -0.39 is 0 Å². The summed E-state index contributed by atoms with van der Waals surface area (Å²) < 4.78 is 0. The molecule has 3 aliphatic rings. The van der Waals surface area contributed by atoms with Crippen LogP contribution in [0.3, 0.4) is 0 Å². The van der Waals surface area contributed by atoms with Crippen molar-refractivity contribution in [3.8, 4) is 0 Å². The molecule has 0 aromatic rings. The van der Waals surface area contributed by atoms with Gasteiger partial charge in [-0.2, -0.15) is 0 Å². The Morgan fingerprint density at radius 1 is 1.06 bits per heavy atom. The fraction of sp³-hybridized carbons (Fsp3) is 0.933. The van der Waals surface area contributed by atoms with Crippen LogP contribution in [0.15, 0.2) is 0 Å². The van der Waals surface area contributed by atoms with Crippen molar-refractivity contribution in [2.45, 2.75) is 57.0 Å². The van der Waals surface area contributed by atoms with Crippen LogP contribution in [-0.2, 0) is 4.79 Å². The lowest BCUT2D eigenvalue weighted by Gasteiger charge is -2.48. The molecule has 18 heavy (non-hydrogen) atoms. The highest BCUT2D eigenvalue weighted by Gasteiger charge is 2.36. The Balaban J connectivity index is 1.58. The molecule has 0 aromatic carbocycles. The molecule has 3 rings (SSSR count). The number of piperidine rings is 2. The highest BCUT2D eigenvalue weighted by molar-refractivity contribution is 5.79. The third kappa shape index (κ3) is 2.48. The molecule has 3 nitrogen and oxygen atoms in total. The number of hydrogen-bond acceptors (Lipinski definition) is 3. The molecule has 0 spiro atoms. The quantitative estimate of drug-likeness (QED) is 0.710. The molecule has 102 valence electrons. The number of hydrogen-bond donors (Lipinski definition) is 0. The van der Waals surface area contributed by atoms with Gasteiger partial charge in [0.15, 0.2) is 0 Å². The van der Waals surface area contributed by atoms with Crippen molar-refractivity contribution in [3.05, 3.63) is 0 Å². The Hall–Kier alpha value is -0.410. The van der Waals surface area contributed by atoms with Gasteiger partial charge < -0.3 is 4.90 Å². The minimum Gasteiger partial charge on any atom is -0.303 e. The van der Waals surface area contributed by atoms with Crippen molar-refractivity contribution >= 4 is 5.78 Å². The molecular weight excluding hydrogens is 224 g/mol. The first-order valence-electron chi connectivity index (χ1n) is 7.70. The fourth-order valence-electron chi connectivity index (χ4n) is 4.30. The standard InChI is InChI=1S/C15H26N2O/c1-16-9-2-3-12-11-17(10-8-15(12)16)13-4-6-14(18)7-5-13/h12-13,15H,2-11H2,1H3. The lowest BCUT2D eigenvalue weighted by molar-refractivity contribution is -0.121. The van der Waals surface area contributed by atoms with Crippen molar-refractivity contribution in [3.63, 3.8) is 0 Å². The Morgan fingerprint density at radius 2 is 1.83 bits per heavy atom. The summed E-state index contributed by atoms with van der Waals surface area (Å²) in [7, 11) is 2.30.